The SMILES string of the molecule is c1ccc(-c2ccc3c(-c4ccc(N(c5ccc(-c6cccc7ccccc67)cc5)c5ccc6c(c5)-c5ccccc5C6(c5ccccc5)c5ccccc5)cc4)cccc3c2)cc1. The molecule has 0 spiro atoms. The summed E-state index contributed by atoms with van der Waals surface area (Å²) in [7, 11) is 0. The predicted molar refractivity (Wildman–Crippen MR) is 270 cm³/mol. The van der Waals surface area contributed by atoms with Crippen LogP contribution in [0, 0.1) is 0 Å². The van der Waals surface area contributed by atoms with Crippen molar-refractivity contribution < 1.29 is 0 Å². The maximum absolute atomic E-state index is 2.42. The second-order valence-corrected chi connectivity index (χ2v) is 16.8. The number of fused-ring (bicyclic) bond motifs is 5. The van der Waals surface area contributed by atoms with Crippen LogP contribution in [0.4, 0.5) is 17.1 Å². The van der Waals surface area contributed by atoms with Crippen LogP contribution in [0.15, 0.2) is 261 Å². The van der Waals surface area contributed by atoms with E-state index in [1.807, 2.05) is 0 Å². The highest BCUT2D eigenvalue weighted by molar-refractivity contribution is 6.00. The third kappa shape index (κ3) is 6.16. The minimum Gasteiger partial charge on any atom is -0.310 e. The molecule has 64 heavy (non-hydrogen) atoms. The van der Waals surface area contributed by atoms with Crippen molar-refractivity contribution in [2.45, 2.75) is 5.41 Å². The Kier molecular flexibility index (Phi) is 9.13. The van der Waals surface area contributed by atoms with Gasteiger partial charge >= 0.3 is 0 Å². The predicted octanol–water partition coefficient (Wildman–Crippen LogP) is 16.8. The summed E-state index contributed by atoms with van der Waals surface area (Å²) in [6.45, 7) is 0. The van der Waals surface area contributed by atoms with Crippen molar-refractivity contribution in [1.29, 1.82) is 0 Å². The van der Waals surface area contributed by atoms with Gasteiger partial charge in [-0.05, 0) is 131 Å². The third-order valence-corrected chi connectivity index (χ3v) is 13.4. The molecule has 0 bridgehead atoms. The molecular formula is C63H43N. The summed E-state index contributed by atoms with van der Waals surface area (Å²) < 4.78 is 0. The van der Waals surface area contributed by atoms with Crippen LogP contribution in [-0.4, -0.2) is 0 Å². The molecule has 1 heteroatoms. The lowest BCUT2D eigenvalue weighted by Crippen LogP contribution is -2.28. The van der Waals surface area contributed by atoms with Gasteiger partial charge in [-0.2, -0.15) is 0 Å². The fourth-order valence-electron chi connectivity index (χ4n) is 10.4. The van der Waals surface area contributed by atoms with Gasteiger partial charge in [-0.3, -0.25) is 0 Å². The van der Waals surface area contributed by atoms with Gasteiger partial charge in [0.15, 0.2) is 0 Å². The Hall–Kier alpha value is -8.26. The number of hydrogen-bond donors (Lipinski definition) is 0. The Balaban J connectivity index is 1.00. The van der Waals surface area contributed by atoms with E-state index >= 15 is 0 Å². The fourth-order valence-corrected chi connectivity index (χ4v) is 10.4. The third-order valence-electron chi connectivity index (χ3n) is 13.4. The Labute approximate surface area is 374 Å². The fraction of sp³-hybridized carbons (Fsp3) is 0.0159. The summed E-state index contributed by atoms with van der Waals surface area (Å²) >= 11 is 0. The second kappa shape index (κ2) is 15.6. The normalized spacial score (nSPS) is 12.5. The second-order valence-electron chi connectivity index (χ2n) is 16.8. The van der Waals surface area contributed by atoms with Crippen molar-refractivity contribution in [3.8, 4) is 44.5 Å². The largest absolute Gasteiger partial charge is 0.310 e. The minimum atomic E-state index is -0.458. The molecular weight excluding hydrogens is 771 g/mol. The average molecular weight is 814 g/mol. The Bertz CT molecular complexity index is 3420. The van der Waals surface area contributed by atoms with E-state index in [4.69, 9.17) is 0 Å². The van der Waals surface area contributed by atoms with E-state index in [9.17, 15) is 0 Å². The van der Waals surface area contributed by atoms with Gasteiger partial charge in [0.1, 0.15) is 0 Å². The lowest BCUT2D eigenvalue weighted by atomic mass is 9.68. The molecule has 0 heterocycles. The van der Waals surface area contributed by atoms with Gasteiger partial charge in [0.25, 0.3) is 0 Å². The Morgan fingerprint density at radius 1 is 0.250 bits per heavy atom. The van der Waals surface area contributed by atoms with Crippen molar-refractivity contribution in [1.82, 2.24) is 0 Å². The van der Waals surface area contributed by atoms with Gasteiger partial charge in [-0.1, -0.05) is 218 Å². The topological polar surface area (TPSA) is 3.24 Å². The Morgan fingerprint density at radius 3 is 1.38 bits per heavy atom. The first-order chi connectivity index (χ1) is 31.7. The van der Waals surface area contributed by atoms with E-state index in [0.29, 0.717) is 0 Å². The molecule has 0 radical (unpaired) electrons. The highest BCUT2D eigenvalue weighted by atomic mass is 15.1. The number of nitrogens with zero attached hydrogens (tertiary/aromatic N) is 1. The molecule has 300 valence electrons. The number of anilines is 3. The summed E-state index contributed by atoms with van der Waals surface area (Å²) in [5.41, 5.74) is 17.8. The molecule has 0 aromatic heterocycles. The molecule has 0 atom stereocenters. The van der Waals surface area contributed by atoms with Crippen LogP contribution in [0.1, 0.15) is 22.3 Å². The molecule has 0 fully saturated rings. The Morgan fingerprint density at radius 2 is 0.719 bits per heavy atom. The molecule has 0 saturated carbocycles. The van der Waals surface area contributed by atoms with Crippen molar-refractivity contribution in [3.05, 3.63) is 283 Å². The summed E-state index contributed by atoms with van der Waals surface area (Å²) in [5.74, 6) is 0. The molecule has 11 aromatic carbocycles. The smallest absolute Gasteiger partial charge is 0.0713 e. The molecule has 1 nitrogen and oxygen atoms in total. The van der Waals surface area contributed by atoms with Gasteiger partial charge in [0.05, 0.1) is 5.41 Å². The molecule has 0 aliphatic heterocycles. The van der Waals surface area contributed by atoms with Crippen LogP contribution < -0.4 is 4.90 Å². The molecule has 0 unspecified atom stereocenters. The molecule has 0 saturated heterocycles. The van der Waals surface area contributed by atoms with Gasteiger partial charge < -0.3 is 4.90 Å². The molecule has 11 aromatic rings. The van der Waals surface area contributed by atoms with Crippen molar-refractivity contribution >= 4 is 38.6 Å². The maximum atomic E-state index is 2.42. The summed E-state index contributed by atoms with van der Waals surface area (Å²) in [6, 6.07) is 95.7. The summed E-state index contributed by atoms with van der Waals surface area (Å²) in [4.78, 5) is 2.42. The van der Waals surface area contributed by atoms with E-state index in [2.05, 4.69) is 266 Å². The van der Waals surface area contributed by atoms with Crippen LogP contribution in [-0.2, 0) is 5.41 Å². The zero-order valence-electron chi connectivity index (χ0n) is 35.3. The highest BCUT2D eigenvalue weighted by Crippen LogP contribution is 2.57. The first-order valence-corrected chi connectivity index (χ1v) is 22.2. The first kappa shape index (κ1) is 37.5. The minimum absolute atomic E-state index is 0.458. The van der Waals surface area contributed by atoms with Gasteiger partial charge in [-0.15, -0.1) is 0 Å². The number of hydrogen-bond acceptors (Lipinski definition) is 1. The van der Waals surface area contributed by atoms with Crippen LogP contribution >= 0.6 is 0 Å². The molecule has 0 N–H and O–H groups in total. The lowest BCUT2D eigenvalue weighted by molar-refractivity contribution is 0.768. The van der Waals surface area contributed by atoms with E-state index < -0.39 is 5.41 Å². The van der Waals surface area contributed by atoms with Gasteiger partial charge in [0, 0.05) is 17.1 Å². The summed E-state index contributed by atoms with van der Waals surface area (Å²) in [5, 5.41) is 4.98. The van der Waals surface area contributed by atoms with Crippen molar-refractivity contribution in [2.75, 3.05) is 4.90 Å². The van der Waals surface area contributed by atoms with E-state index in [1.54, 1.807) is 0 Å². The van der Waals surface area contributed by atoms with Crippen LogP contribution in [0.2, 0.25) is 0 Å². The molecule has 1 aliphatic carbocycles. The lowest BCUT2D eigenvalue weighted by Gasteiger charge is -2.34. The zero-order valence-corrected chi connectivity index (χ0v) is 35.3. The van der Waals surface area contributed by atoms with Crippen molar-refractivity contribution in [3.63, 3.8) is 0 Å². The van der Waals surface area contributed by atoms with Gasteiger partial charge in [-0.25, -0.2) is 0 Å². The number of benzene rings is 11. The maximum Gasteiger partial charge on any atom is 0.0713 e. The number of rotatable bonds is 8. The van der Waals surface area contributed by atoms with Crippen LogP contribution in [0.3, 0.4) is 0 Å². The first-order valence-electron chi connectivity index (χ1n) is 22.2. The molecule has 0 amide bonds. The average Bonchev–Trinajstić information content (AvgIpc) is 3.67. The molecule has 1 aliphatic rings. The zero-order chi connectivity index (χ0) is 42.5. The highest BCUT2D eigenvalue weighted by Gasteiger charge is 2.46. The van der Waals surface area contributed by atoms with E-state index in [0.717, 1.165) is 17.1 Å². The molecule has 12 rings (SSSR count). The van der Waals surface area contributed by atoms with E-state index in [-0.39, 0.29) is 0 Å². The van der Waals surface area contributed by atoms with Gasteiger partial charge in [0.2, 0.25) is 0 Å². The van der Waals surface area contributed by atoms with Crippen LogP contribution in [0.5, 0.6) is 0 Å². The quantitative estimate of drug-likeness (QED) is 0.148. The van der Waals surface area contributed by atoms with E-state index in [1.165, 1.54) is 88.3 Å². The summed E-state index contributed by atoms with van der Waals surface area (Å²) in [6.07, 6.45) is 0. The standard InChI is InChI=1S/C63H43N/c1-4-16-44(17-5-1)48-34-40-58-49(42-48)20-15-28-57(58)47-32-37-53(38-33-47)64(52-35-30-46(31-36-52)56-27-14-19-45-18-10-11-25-55(45)56)54-39-41-62-60(43-54)59-26-12-13-29-61(59)63(62,50-21-6-2-7-22-50)51-23-8-3-9-24-51/h1-43H. The van der Waals surface area contributed by atoms with Crippen LogP contribution in [0.25, 0.3) is 66.1 Å². The monoisotopic (exact) mass is 813 g/mol. The van der Waals surface area contributed by atoms with Crippen molar-refractivity contribution in [2.24, 2.45) is 0 Å².